The number of nitrogens with zero attached hydrogens (tertiary/aromatic N) is 3. The first kappa shape index (κ1) is 23.7. The first-order valence-corrected chi connectivity index (χ1v) is 11.8. The zero-order valence-electron chi connectivity index (χ0n) is 16.4. The van der Waals surface area contributed by atoms with Crippen molar-refractivity contribution in [2.75, 3.05) is 44.3 Å². The van der Waals surface area contributed by atoms with Gasteiger partial charge in [-0.3, -0.25) is 14.6 Å². The number of carbonyl (C=O) groups is 1. The molecule has 0 saturated carbocycles. The van der Waals surface area contributed by atoms with Crippen molar-refractivity contribution in [2.24, 2.45) is 0 Å². The predicted octanol–water partition coefficient (Wildman–Crippen LogP) is 5.76. The molecule has 0 radical (unpaired) electrons. The van der Waals surface area contributed by atoms with Gasteiger partial charge in [-0.15, -0.1) is 23.7 Å². The maximum Gasteiger partial charge on any atom is 0.262 e. The molecule has 2 aromatic heterocycles. The van der Waals surface area contributed by atoms with E-state index in [1.807, 2.05) is 12.1 Å². The van der Waals surface area contributed by atoms with E-state index in [9.17, 15) is 4.79 Å². The first-order chi connectivity index (χ1) is 14.0. The number of carbonyl (C=O) groups excluding carboxylic acids is 1. The van der Waals surface area contributed by atoms with Crippen molar-refractivity contribution in [1.29, 1.82) is 0 Å². The lowest BCUT2D eigenvalue weighted by Gasteiger charge is -2.27. The van der Waals surface area contributed by atoms with Crippen LogP contribution < -0.4 is 4.90 Å². The third kappa shape index (κ3) is 5.46. The molecule has 1 fully saturated rings. The number of hydrogen-bond acceptors (Lipinski definition) is 6. The number of halogens is 3. The Labute approximate surface area is 200 Å². The summed E-state index contributed by atoms with van der Waals surface area (Å²) in [6, 6.07) is 7.77. The van der Waals surface area contributed by atoms with Gasteiger partial charge in [0, 0.05) is 26.2 Å². The molecule has 162 valence electrons. The molecule has 1 aliphatic rings. The Morgan fingerprint density at radius 3 is 2.70 bits per heavy atom. The van der Waals surface area contributed by atoms with Crippen LogP contribution in [0.4, 0.5) is 5.13 Å². The van der Waals surface area contributed by atoms with E-state index in [0.29, 0.717) is 25.9 Å². The highest BCUT2D eigenvalue weighted by molar-refractivity contribution is 7.22. The molecule has 1 aliphatic heterocycles. The summed E-state index contributed by atoms with van der Waals surface area (Å²) in [6.45, 7) is 6.93. The second-order valence-electron chi connectivity index (χ2n) is 6.97. The summed E-state index contributed by atoms with van der Waals surface area (Å²) in [5.41, 5.74) is 2.50. The molecule has 0 unspecified atom stereocenters. The van der Waals surface area contributed by atoms with Gasteiger partial charge in [0.25, 0.3) is 5.91 Å². The van der Waals surface area contributed by atoms with E-state index in [1.54, 1.807) is 11.0 Å². The van der Waals surface area contributed by atoms with E-state index in [0.717, 1.165) is 49.5 Å². The van der Waals surface area contributed by atoms with Gasteiger partial charge in [-0.05, 0) is 37.1 Å². The van der Waals surface area contributed by atoms with Gasteiger partial charge in [0.2, 0.25) is 0 Å². The van der Waals surface area contributed by atoms with Crippen LogP contribution in [-0.2, 0) is 4.74 Å². The SMILES string of the molecule is Cc1ccc2nc(N(CCCN3CCOCC3)C(=O)c3cc(Cl)sc3Cl)sc2c1.Cl. The highest BCUT2D eigenvalue weighted by Crippen LogP contribution is 2.35. The van der Waals surface area contributed by atoms with Gasteiger partial charge in [0.15, 0.2) is 5.13 Å². The van der Waals surface area contributed by atoms with Crippen LogP contribution in [0.25, 0.3) is 10.2 Å². The molecular formula is C20H22Cl3N3O2S2. The number of benzene rings is 1. The average Bonchev–Trinajstić information content (AvgIpc) is 3.27. The summed E-state index contributed by atoms with van der Waals surface area (Å²) >= 11 is 15.1. The molecule has 5 nitrogen and oxygen atoms in total. The molecule has 0 atom stereocenters. The quantitative estimate of drug-likeness (QED) is 0.426. The Morgan fingerprint density at radius 2 is 2.00 bits per heavy atom. The highest BCUT2D eigenvalue weighted by Gasteiger charge is 2.25. The molecule has 1 amide bonds. The number of anilines is 1. The number of amides is 1. The monoisotopic (exact) mass is 505 g/mol. The molecular weight excluding hydrogens is 485 g/mol. The summed E-state index contributed by atoms with van der Waals surface area (Å²) < 4.78 is 7.40. The zero-order chi connectivity index (χ0) is 20.4. The van der Waals surface area contributed by atoms with Gasteiger partial charge < -0.3 is 4.74 Å². The molecule has 3 heterocycles. The third-order valence-corrected chi connectivity index (χ3v) is 7.38. The Kier molecular flexibility index (Phi) is 8.38. The summed E-state index contributed by atoms with van der Waals surface area (Å²) in [5.74, 6) is -0.157. The number of rotatable bonds is 6. The summed E-state index contributed by atoms with van der Waals surface area (Å²) in [7, 11) is 0. The number of morpholine rings is 1. The van der Waals surface area contributed by atoms with E-state index in [1.165, 1.54) is 28.2 Å². The Bertz CT molecular complexity index is 1020. The number of aryl methyl sites for hydroxylation is 1. The molecule has 10 heteroatoms. The Hall–Kier alpha value is -0.930. The normalized spacial score (nSPS) is 14.6. The Morgan fingerprint density at radius 1 is 1.23 bits per heavy atom. The fraction of sp³-hybridized carbons (Fsp3) is 0.400. The van der Waals surface area contributed by atoms with E-state index in [2.05, 4.69) is 17.9 Å². The van der Waals surface area contributed by atoms with Crippen molar-refractivity contribution in [3.63, 3.8) is 0 Å². The molecule has 30 heavy (non-hydrogen) atoms. The van der Waals surface area contributed by atoms with Crippen molar-refractivity contribution < 1.29 is 9.53 Å². The summed E-state index contributed by atoms with van der Waals surface area (Å²) in [5, 5.41) is 0.691. The molecule has 1 aromatic carbocycles. The van der Waals surface area contributed by atoms with Crippen molar-refractivity contribution in [3.8, 4) is 0 Å². The number of aromatic nitrogens is 1. The van der Waals surface area contributed by atoms with Crippen molar-refractivity contribution in [2.45, 2.75) is 13.3 Å². The van der Waals surface area contributed by atoms with Crippen molar-refractivity contribution in [1.82, 2.24) is 9.88 Å². The van der Waals surface area contributed by atoms with E-state index < -0.39 is 0 Å². The summed E-state index contributed by atoms with van der Waals surface area (Å²) in [6.07, 6.45) is 0.843. The van der Waals surface area contributed by atoms with Crippen molar-refractivity contribution >= 4 is 79.5 Å². The molecule has 0 spiro atoms. The van der Waals surface area contributed by atoms with Crippen LogP contribution in [0.2, 0.25) is 8.67 Å². The third-order valence-electron chi connectivity index (χ3n) is 4.86. The lowest BCUT2D eigenvalue weighted by molar-refractivity contribution is 0.0376. The minimum absolute atomic E-state index is 0. The van der Waals surface area contributed by atoms with Gasteiger partial charge in [-0.1, -0.05) is 40.6 Å². The Balaban J connectivity index is 0.00000256. The zero-order valence-corrected chi connectivity index (χ0v) is 20.4. The lowest BCUT2D eigenvalue weighted by Crippen LogP contribution is -2.39. The topological polar surface area (TPSA) is 45.7 Å². The molecule has 3 aromatic rings. The standard InChI is InChI=1S/C20H21Cl2N3O2S2.ClH/c1-13-3-4-15-16(11-13)28-20(23-15)25(6-2-5-24-7-9-27-10-8-24)19(26)14-12-17(21)29-18(14)22;/h3-4,11-12H,2,5-10H2,1H3;1H. The fourth-order valence-corrected chi connectivity index (χ4v) is 5.86. The van der Waals surface area contributed by atoms with Gasteiger partial charge in [0.1, 0.15) is 4.34 Å². The smallest absolute Gasteiger partial charge is 0.262 e. The minimum atomic E-state index is -0.157. The van der Waals surface area contributed by atoms with Gasteiger partial charge in [-0.25, -0.2) is 4.98 Å². The molecule has 0 N–H and O–H groups in total. The van der Waals surface area contributed by atoms with E-state index in [4.69, 9.17) is 32.9 Å². The van der Waals surface area contributed by atoms with E-state index >= 15 is 0 Å². The molecule has 1 saturated heterocycles. The largest absolute Gasteiger partial charge is 0.379 e. The van der Waals surface area contributed by atoms with Crippen LogP contribution in [0.3, 0.4) is 0 Å². The molecule has 0 aliphatic carbocycles. The number of thiazole rings is 1. The number of thiophene rings is 1. The number of fused-ring (bicyclic) bond motifs is 1. The summed E-state index contributed by atoms with van der Waals surface area (Å²) in [4.78, 5) is 22.2. The highest BCUT2D eigenvalue weighted by atomic mass is 35.5. The number of hydrogen-bond donors (Lipinski definition) is 0. The van der Waals surface area contributed by atoms with Crippen LogP contribution in [0.1, 0.15) is 22.3 Å². The average molecular weight is 507 g/mol. The van der Waals surface area contributed by atoms with Crippen LogP contribution >= 0.6 is 58.3 Å². The number of ether oxygens (including phenoxy) is 1. The maximum atomic E-state index is 13.3. The second kappa shape index (κ2) is 10.6. The van der Waals surface area contributed by atoms with Crippen LogP contribution in [0.15, 0.2) is 24.3 Å². The predicted molar refractivity (Wildman–Crippen MR) is 129 cm³/mol. The van der Waals surface area contributed by atoms with Crippen LogP contribution in [-0.4, -0.2) is 55.2 Å². The lowest BCUT2D eigenvalue weighted by atomic mass is 10.2. The van der Waals surface area contributed by atoms with Crippen molar-refractivity contribution in [3.05, 3.63) is 44.1 Å². The van der Waals surface area contributed by atoms with Crippen LogP contribution in [0.5, 0.6) is 0 Å². The van der Waals surface area contributed by atoms with Crippen LogP contribution in [0, 0.1) is 6.92 Å². The second-order valence-corrected chi connectivity index (χ2v) is 10.3. The van der Waals surface area contributed by atoms with Gasteiger partial charge in [-0.2, -0.15) is 0 Å². The van der Waals surface area contributed by atoms with E-state index in [-0.39, 0.29) is 18.3 Å². The minimum Gasteiger partial charge on any atom is -0.379 e. The van der Waals surface area contributed by atoms with Gasteiger partial charge >= 0.3 is 0 Å². The first-order valence-electron chi connectivity index (χ1n) is 9.45. The van der Waals surface area contributed by atoms with Gasteiger partial charge in [0.05, 0.1) is 33.3 Å². The fourth-order valence-electron chi connectivity index (χ4n) is 3.33. The molecule has 4 rings (SSSR count). The molecule has 0 bridgehead atoms. The maximum absolute atomic E-state index is 13.3.